The molecule has 0 fully saturated rings. The van der Waals surface area contributed by atoms with Gasteiger partial charge in [-0.3, -0.25) is 14.9 Å². The molecule has 0 spiro atoms. The van der Waals surface area contributed by atoms with Crippen molar-refractivity contribution in [2.24, 2.45) is 7.05 Å². The number of fused-ring (bicyclic) bond motifs is 1. The van der Waals surface area contributed by atoms with Gasteiger partial charge >= 0.3 is 5.97 Å². The molecule has 0 aliphatic rings. The van der Waals surface area contributed by atoms with Gasteiger partial charge in [-0.15, -0.1) is 0 Å². The molecular weight excluding hydrogens is 448 g/mol. The minimum Gasteiger partial charge on any atom is -0.462 e. The van der Waals surface area contributed by atoms with E-state index in [4.69, 9.17) is 14.5 Å². The lowest BCUT2D eigenvalue weighted by Gasteiger charge is -2.21. The summed E-state index contributed by atoms with van der Waals surface area (Å²) in [7, 11) is 3.39. The molecule has 35 heavy (non-hydrogen) atoms. The van der Waals surface area contributed by atoms with Crippen LogP contribution < -0.4 is 10.9 Å². The van der Waals surface area contributed by atoms with Gasteiger partial charge in [0.25, 0.3) is 5.56 Å². The van der Waals surface area contributed by atoms with Crippen LogP contribution in [-0.2, 0) is 27.9 Å². The summed E-state index contributed by atoms with van der Waals surface area (Å²) in [6.07, 6.45) is 0.623. The van der Waals surface area contributed by atoms with Gasteiger partial charge in [-0.2, -0.15) is 0 Å². The number of aliphatic hydroxyl groups is 1. The monoisotopic (exact) mass is 484 g/mol. The number of aromatic nitrogens is 3. The Morgan fingerprint density at radius 3 is 2.51 bits per heavy atom. The van der Waals surface area contributed by atoms with E-state index < -0.39 is 18.1 Å². The molecule has 0 unspecified atom stereocenters. The maximum Gasteiger partial charge on any atom is 0.326 e. The van der Waals surface area contributed by atoms with Crippen LogP contribution >= 0.6 is 0 Å². The molecule has 0 aliphatic heterocycles. The van der Waals surface area contributed by atoms with Gasteiger partial charge in [0.1, 0.15) is 11.9 Å². The van der Waals surface area contributed by atoms with Gasteiger partial charge in [-0.05, 0) is 58.4 Å². The standard InChI is InChI=1S/C26H36N4O5/c1-15(2)35-26(33)23(18(5)31)27-12-19-8-9-21-22(11-19)30(17(4)14-34-7)24(28-21)20-10-16(3)25(32)29(6)13-20/h8-11,13,15,17-18,23,27,31H,12,14H2,1-7H3/t17-,18-,23-/m0/s1. The molecule has 3 atom stereocenters. The zero-order valence-electron chi connectivity index (χ0n) is 21.5. The molecule has 0 radical (unpaired) electrons. The highest BCUT2D eigenvalue weighted by molar-refractivity contribution is 5.82. The van der Waals surface area contributed by atoms with Crippen molar-refractivity contribution in [3.63, 3.8) is 0 Å². The first kappa shape index (κ1) is 26.6. The Hall–Kier alpha value is -3.01. The van der Waals surface area contributed by atoms with E-state index in [0.717, 1.165) is 28.0 Å². The number of benzene rings is 1. The number of esters is 1. The average molecular weight is 485 g/mol. The summed E-state index contributed by atoms with van der Waals surface area (Å²) in [6.45, 7) is 9.80. The Labute approximate surface area is 205 Å². The van der Waals surface area contributed by atoms with Crippen molar-refractivity contribution in [1.82, 2.24) is 19.4 Å². The number of nitrogens with zero attached hydrogens (tertiary/aromatic N) is 3. The fourth-order valence-electron chi connectivity index (χ4n) is 4.20. The number of rotatable bonds is 10. The van der Waals surface area contributed by atoms with E-state index in [-0.39, 0.29) is 17.7 Å². The second kappa shape index (κ2) is 11.2. The molecule has 2 heterocycles. The molecule has 190 valence electrons. The average Bonchev–Trinajstić information content (AvgIpc) is 3.15. The van der Waals surface area contributed by atoms with Crippen LogP contribution in [0.1, 0.15) is 44.9 Å². The number of hydrogen-bond donors (Lipinski definition) is 2. The minimum atomic E-state index is -0.906. The van der Waals surface area contributed by atoms with Crippen molar-refractivity contribution in [3.05, 3.63) is 51.9 Å². The third-order valence-corrected chi connectivity index (χ3v) is 5.84. The molecule has 0 bridgehead atoms. The number of ether oxygens (including phenoxy) is 2. The van der Waals surface area contributed by atoms with Crippen molar-refractivity contribution in [3.8, 4) is 11.4 Å². The Bertz CT molecular complexity index is 1220. The van der Waals surface area contributed by atoms with E-state index >= 15 is 0 Å². The van der Waals surface area contributed by atoms with E-state index in [1.165, 1.54) is 0 Å². The predicted molar refractivity (Wildman–Crippen MR) is 135 cm³/mol. The molecule has 2 N–H and O–H groups in total. The topological polar surface area (TPSA) is 108 Å². The lowest BCUT2D eigenvalue weighted by Crippen LogP contribution is -2.46. The zero-order chi connectivity index (χ0) is 25.9. The molecule has 2 aromatic heterocycles. The van der Waals surface area contributed by atoms with E-state index in [9.17, 15) is 14.7 Å². The predicted octanol–water partition coefficient (Wildman–Crippen LogP) is 2.71. The van der Waals surface area contributed by atoms with Gasteiger partial charge in [-0.1, -0.05) is 6.07 Å². The third kappa shape index (κ3) is 5.98. The summed E-state index contributed by atoms with van der Waals surface area (Å²) in [6, 6.07) is 6.89. The van der Waals surface area contributed by atoms with Crippen LogP contribution in [0.4, 0.5) is 0 Å². The highest BCUT2D eigenvalue weighted by atomic mass is 16.5. The Morgan fingerprint density at radius 1 is 1.20 bits per heavy atom. The molecule has 3 rings (SSSR count). The van der Waals surface area contributed by atoms with Crippen LogP contribution in [0, 0.1) is 6.92 Å². The molecule has 0 aliphatic carbocycles. The SMILES string of the molecule is COC[C@H](C)n1c(-c2cc(C)c(=O)n(C)c2)nc2ccc(CN[C@H](C(=O)OC(C)C)[C@H](C)O)cc21. The highest BCUT2D eigenvalue weighted by Gasteiger charge is 2.26. The van der Waals surface area contributed by atoms with Crippen LogP contribution in [0.5, 0.6) is 0 Å². The van der Waals surface area contributed by atoms with Crippen molar-refractivity contribution < 1.29 is 19.4 Å². The molecule has 1 aromatic carbocycles. The first-order valence-corrected chi connectivity index (χ1v) is 11.8. The Kier molecular flexibility index (Phi) is 8.47. The Balaban J connectivity index is 2.02. The highest BCUT2D eigenvalue weighted by Crippen LogP contribution is 2.29. The van der Waals surface area contributed by atoms with Gasteiger partial charge in [0, 0.05) is 38.0 Å². The van der Waals surface area contributed by atoms with Crippen molar-refractivity contribution in [2.75, 3.05) is 13.7 Å². The molecule has 9 nitrogen and oxygen atoms in total. The zero-order valence-corrected chi connectivity index (χ0v) is 21.5. The fourth-order valence-corrected chi connectivity index (χ4v) is 4.20. The smallest absolute Gasteiger partial charge is 0.326 e. The number of aliphatic hydroxyl groups excluding tert-OH is 1. The normalized spacial score (nSPS) is 14.3. The number of imidazole rings is 1. The van der Waals surface area contributed by atoms with Crippen LogP contribution in [0.2, 0.25) is 0 Å². The lowest BCUT2D eigenvalue weighted by molar-refractivity contribution is -0.152. The number of methoxy groups -OCH3 is 1. The summed E-state index contributed by atoms with van der Waals surface area (Å²) in [5.41, 5.74) is 4.09. The summed E-state index contributed by atoms with van der Waals surface area (Å²) >= 11 is 0. The molecule has 0 saturated heterocycles. The van der Waals surface area contributed by atoms with E-state index in [0.29, 0.717) is 18.7 Å². The first-order valence-electron chi connectivity index (χ1n) is 11.8. The molecule has 9 heteroatoms. The molecule has 0 amide bonds. The van der Waals surface area contributed by atoms with Crippen molar-refractivity contribution in [2.45, 2.75) is 65.5 Å². The number of hydrogen-bond acceptors (Lipinski definition) is 7. The van der Waals surface area contributed by atoms with E-state index in [2.05, 4.69) is 16.8 Å². The molecule has 3 aromatic rings. The van der Waals surface area contributed by atoms with Crippen LogP contribution in [-0.4, -0.2) is 57.2 Å². The summed E-state index contributed by atoms with van der Waals surface area (Å²) in [5, 5.41) is 13.2. The Morgan fingerprint density at radius 2 is 1.91 bits per heavy atom. The van der Waals surface area contributed by atoms with Gasteiger partial charge < -0.3 is 23.7 Å². The second-order valence-corrected chi connectivity index (χ2v) is 9.35. The molecular formula is C26H36N4O5. The second-order valence-electron chi connectivity index (χ2n) is 9.35. The molecule has 0 saturated carbocycles. The summed E-state index contributed by atoms with van der Waals surface area (Å²) in [5.74, 6) is 0.262. The van der Waals surface area contributed by atoms with Crippen molar-refractivity contribution >= 4 is 17.0 Å². The fraction of sp³-hybridized carbons (Fsp3) is 0.500. The lowest BCUT2D eigenvalue weighted by atomic mass is 10.1. The van der Waals surface area contributed by atoms with Crippen LogP contribution in [0.25, 0.3) is 22.4 Å². The quantitative estimate of drug-likeness (QED) is 0.426. The minimum absolute atomic E-state index is 0.0213. The number of carbonyl (C=O) groups excluding carboxylic acids is 1. The van der Waals surface area contributed by atoms with Gasteiger partial charge in [-0.25, -0.2) is 4.98 Å². The first-order chi connectivity index (χ1) is 16.5. The van der Waals surface area contributed by atoms with Crippen LogP contribution in [0.3, 0.4) is 0 Å². The largest absolute Gasteiger partial charge is 0.462 e. The number of aryl methyl sites for hydroxylation is 2. The maximum atomic E-state index is 12.4. The van der Waals surface area contributed by atoms with Crippen LogP contribution in [0.15, 0.2) is 35.3 Å². The number of nitrogens with one attached hydrogen (secondary N) is 1. The van der Waals surface area contributed by atoms with E-state index in [1.807, 2.05) is 24.3 Å². The number of pyridine rings is 1. The van der Waals surface area contributed by atoms with Crippen molar-refractivity contribution in [1.29, 1.82) is 0 Å². The van der Waals surface area contributed by atoms with Gasteiger partial charge in [0.15, 0.2) is 0 Å². The summed E-state index contributed by atoms with van der Waals surface area (Å²) in [4.78, 5) is 29.5. The van der Waals surface area contributed by atoms with Gasteiger partial charge in [0.2, 0.25) is 0 Å². The summed E-state index contributed by atoms with van der Waals surface area (Å²) < 4.78 is 14.4. The third-order valence-electron chi connectivity index (χ3n) is 5.84. The van der Waals surface area contributed by atoms with E-state index in [1.54, 1.807) is 52.6 Å². The number of carbonyl (C=O) groups is 1. The van der Waals surface area contributed by atoms with Gasteiger partial charge in [0.05, 0.1) is 35.9 Å². The maximum absolute atomic E-state index is 12.4.